The molecule has 3 N–H and O–H groups in total. The molecule has 9 unspecified atom stereocenters. The molecule has 7 aromatic rings. The highest BCUT2D eigenvalue weighted by Gasteiger charge is 2.32. The molecular formula is C129H230O13. The lowest BCUT2D eigenvalue weighted by atomic mass is 9.90. The molecule has 0 spiro atoms. The Labute approximate surface area is 880 Å². The molecule has 0 amide bonds. The van der Waals surface area contributed by atoms with E-state index >= 15 is 0 Å². The zero-order valence-corrected chi connectivity index (χ0v) is 85.5. The van der Waals surface area contributed by atoms with Crippen LogP contribution in [0.15, 0.2) is 176 Å². The van der Waals surface area contributed by atoms with Gasteiger partial charge in [0.1, 0.15) is 46.7 Å². The van der Waals surface area contributed by atoms with E-state index in [-0.39, 0.29) is 137 Å². The van der Waals surface area contributed by atoms with Gasteiger partial charge in [-0.05, 0) is 342 Å². The zero-order chi connectivity index (χ0) is 95.7. The first-order chi connectivity index (χ1) is 62.3. The van der Waals surface area contributed by atoms with Gasteiger partial charge in [-0.15, -0.1) is 0 Å². The first-order valence-electron chi connectivity index (χ1n) is 51.4. The summed E-state index contributed by atoms with van der Waals surface area (Å²) in [6.07, 6.45) is 41.7. The van der Waals surface area contributed by atoms with Crippen LogP contribution in [0.5, 0.6) is 34.5 Å². The van der Waals surface area contributed by atoms with Crippen LogP contribution >= 0.6 is 0 Å². The van der Waals surface area contributed by atoms with Crippen LogP contribution in [-0.2, 0) is 33.3 Å². The van der Waals surface area contributed by atoms with Crippen LogP contribution in [0.4, 0.5) is 0 Å². The van der Waals surface area contributed by atoms with Gasteiger partial charge in [0.2, 0.25) is 0 Å². The Kier molecular flexibility index (Phi) is 93.4. The molecule has 5 aliphatic carbocycles. The third-order valence-corrected chi connectivity index (χ3v) is 27.5. The van der Waals surface area contributed by atoms with Crippen LogP contribution < -0.4 is 14.2 Å². The second-order valence-corrected chi connectivity index (χ2v) is 38.7. The highest BCUT2D eigenvalue weighted by atomic mass is 16.7. The van der Waals surface area contributed by atoms with Crippen molar-refractivity contribution < 1.29 is 62.8 Å². The number of ether oxygens (including phenoxy) is 8. The minimum atomic E-state index is -0.308. The fourth-order valence-corrected chi connectivity index (χ4v) is 15.6. The van der Waals surface area contributed by atoms with Gasteiger partial charge >= 0.3 is 11.9 Å². The van der Waals surface area contributed by atoms with Crippen molar-refractivity contribution in [2.75, 3.05) is 6.79 Å². The van der Waals surface area contributed by atoms with E-state index in [0.29, 0.717) is 83.8 Å². The standard InChI is InChI=1S/2C18H28O2.C17H26O2.2C12H22O2.3C10H14O.C10H14.12CH4/c2*1-4-14(2)16-10-12-18(13-11-16)20-15(3)19-17-8-6-5-7-9-17;1-3-14(2)15-9-11-17(12-10-15)19-13-18-16-7-5-4-6-8-16;2*1-4-12(2,3)11(13)14-10-8-6-5-7-9-10;3*1-3-8(2)9-4-6-10(11)7-5-9;1-3-9(2)10-7-5-4-6-8-10;;;;;;;;;;;;/h2*10-15,17H,4-9H2,1-3H3;9-12,14,16H,3-8,13H2,1-2H3;2*10H,4-9H2,1-3H3;3*4-8,11H,3H2,1-2H3;4-9H,3H2,1-2H3;12*1H4. The first-order valence-corrected chi connectivity index (χ1v) is 51.4. The van der Waals surface area contributed by atoms with Crippen molar-refractivity contribution in [3.05, 3.63) is 215 Å². The predicted octanol–water partition coefficient (Wildman–Crippen LogP) is 41.6. The molecule has 142 heavy (non-hydrogen) atoms. The minimum Gasteiger partial charge on any atom is -0.508 e. The lowest BCUT2D eigenvalue weighted by molar-refractivity contribution is -0.162. The smallest absolute Gasteiger partial charge is 0.311 e. The van der Waals surface area contributed by atoms with E-state index in [1.54, 1.807) is 36.4 Å². The van der Waals surface area contributed by atoms with Crippen molar-refractivity contribution in [1.29, 1.82) is 0 Å². The summed E-state index contributed by atoms with van der Waals surface area (Å²) in [4.78, 5) is 23.5. The number of carbonyl (C=O) groups excluding carboxylic acids is 2. The second-order valence-electron chi connectivity index (χ2n) is 38.7. The number of esters is 2. The van der Waals surface area contributed by atoms with E-state index in [4.69, 9.17) is 53.2 Å². The molecule has 12 rings (SSSR count). The lowest BCUT2D eigenvalue weighted by Crippen LogP contribution is -2.31. The predicted molar refractivity (Wildman–Crippen MR) is 625 cm³/mol. The van der Waals surface area contributed by atoms with Crippen LogP contribution in [-0.4, -0.2) is 77.2 Å². The summed E-state index contributed by atoms with van der Waals surface area (Å²) in [5.41, 5.74) is 8.85. The van der Waals surface area contributed by atoms with Crippen molar-refractivity contribution in [2.45, 2.75) is 544 Å². The molecule has 5 fully saturated rings. The van der Waals surface area contributed by atoms with Crippen molar-refractivity contribution in [3.63, 3.8) is 0 Å². The zero-order valence-electron chi connectivity index (χ0n) is 85.5. The number of aromatic hydroxyl groups is 3. The molecule has 0 aromatic heterocycles. The minimum absolute atomic E-state index is 0. The average Bonchev–Trinajstić information content (AvgIpc) is 0.644. The molecule has 0 saturated heterocycles. The van der Waals surface area contributed by atoms with Gasteiger partial charge in [0, 0.05) is 0 Å². The number of benzene rings is 7. The summed E-state index contributed by atoms with van der Waals surface area (Å²) >= 11 is 0. The molecule has 0 heterocycles. The van der Waals surface area contributed by atoms with E-state index in [1.807, 2.05) is 104 Å². The molecule has 9 atom stereocenters. The van der Waals surface area contributed by atoms with Gasteiger partial charge in [-0.2, -0.15) is 0 Å². The molecule has 5 aliphatic rings. The van der Waals surface area contributed by atoms with Gasteiger partial charge in [0.05, 0.1) is 29.1 Å². The fourth-order valence-electron chi connectivity index (χ4n) is 15.6. The summed E-state index contributed by atoms with van der Waals surface area (Å²) < 4.78 is 46.1. The Morgan fingerprint density at radius 2 is 0.465 bits per heavy atom. The Morgan fingerprint density at radius 3 is 0.683 bits per heavy atom. The Balaban J connectivity index is -0.000000200. The van der Waals surface area contributed by atoms with Crippen LogP contribution in [0.3, 0.4) is 0 Å². The molecule has 5 saturated carbocycles. The highest BCUT2D eigenvalue weighted by Crippen LogP contribution is 2.34. The molecule has 13 heteroatoms. The number of phenols is 3. The Morgan fingerprint density at radius 1 is 0.268 bits per heavy atom. The molecule has 824 valence electrons. The topological polar surface area (TPSA) is 169 Å². The molecule has 0 radical (unpaired) electrons. The summed E-state index contributed by atoms with van der Waals surface area (Å²) in [7, 11) is 0. The first kappa shape index (κ1) is 152. The van der Waals surface area contributed by atoms with E-state index in [1.165, 1.54) is 199 Å². The Bertz CT molecular complexity index is 3680. The maximum atomic E-state index is 11.7. The number of hydrogen-bond donors (Lipinski definition) is 3. The van der Waals surface area contributed by atoms with Crippen LogP contribution in [0, 0.1) is 10.8 Å². The number of phenolic OH excluding ortho intramolecular Hbond substituents is 3. The van der Waals surface area contributed by atoms with Crippen molar-refractivity contribution in [3.8, 4) is 34.5 Å². The largest absolute Gasteiger partial charge is 0.508 e. The molecule has 0 aliphatic heterocycles. The Hall–Kier alpha value is -7.84. The molecule has 7 aromatic carbocycles. The van der Waals surface area contributed by atoms with Crippen LogP contribution in [0.25, 0.3) is 0 Å². The maximum absolute atomic E-state index is 11.7. The van der Waals surface area contributed by atoms with E-state index in [0.717, 1.165) is 75.0 Å². The summed E-state index contributed by atoms with van der Waals surface area (Å²) in [6, 6.07) is 58.2. The molecular weight excluding hydrogens is 1760 g/mol. The van der Waals surface area contributed by atoms with Crippen molar-refractivity contribution in [1.82, 2.24) is 0 Å². The summed E-state index contributed by atoms with van der Waals surface area (Å²) in [5.74, 6) is 8.03. The number of rotatable bonds is 32. The van der Waals surface area contributed by atoms with Gasteiger partial charge in [-0.3, -0.25) is 9.59 Å². The SMILES string of the molecule is C.C.C.C.C.C.C.C.C.C.C.C.CCC(C)(C)C(=O)OC1CCCCC1.CCC(C)(C)C(=O)OC1CCCCC1.CCC(C)c1ccc(O)cc1.CCC(C)c1ccc(O)cc1.CCC(C)c1ccc(O)cc1.CCC(C)c1ccc(OC(C)OC2CCCCC2)cc1.CCC(C)c1ccc(OC(C)OC2CCCCC2)cc1.CCC(C)c1ccc(OCOC2CCCCC2)cc1.CCC(C)c1ccccc1. The maximum Gasteiger partial charge on any atom is 0.311 e. The fraction of sp³-hybridized carbons (Fsp3) is 0.659. The van der Waals surface area contributed by atoms with E-state index in [2.05, 4.69) is 188 Å². The van der Waals surface area contributed by atoms with Crippen LogP contribution in [0.2, 0.25) is 0 Å². The van der Waals surface area contributed by atoms with Gasteiger partial charge < -0.3 is 53.2 Å². The van der Waals surface area contributed by atoms with Crippen molar-refractivity contribution in [2.24, 2.45) is 10.8 Å². The normalized spacial score (nSPS) is 15.7. The van der Waals surface area contributed by atoms with E-state index in [9.17, 15) is 9.59 Å². The monoisotopic (exact) mass is 1990 g/mol. The third kappa shape index (κ3) is 62.9. The van der Waals surface area contributed by atoms with Gasteiger partial charge in [-0.25, -0.2) is 0 Å². The summed E-state index contributed by atoms with van der Waals surface area (Å²) in [6.45, 7) is 47.2. The number of hydrogen-bond acceptors (Lipinski definition) is 13. The molecule has 13 nitrogen and oxygen atoms in total. The van der Waals surface area contributed by atoms with Crippen LogP contribution in [0.1, 0.15) is 540 Å². The highest BCUT2D eigenvalue weighted by molar-refractivity contribution is 5.76. The third-order valence-electron chi connectivity index (χ3n) is 27.5. The van der Waals surface area contributed by atoms with E-state index < -0.39 is 0 Å². The quantitative estimate of drug-likeness (QED) is 0.0269. The second kappa shape index (κ2) is 87.4. The summed E-state index contributed by atoms with van der Waals surface area (Å²) in [5, 5.41) is 27.0. The average molecular weight is 1990 g/mol. The number of carbonyl (C=O) groups is 2. The molecule has 0 bridgehead atoms. The van der Waals surface area contributed by atoms with Gasteiger partial charge in [-0.1, -0.05) is 374 Å². The van der Waals surface area contributed by atoms with Gasteiger partial charge in [0.15, 0.2) is 19.4 Å². The van der Waals surface area contributed by atoms with Gasteiger partial charge in [0.25, 0.3) is 0 Å². The van der Waals surface area contributed by atoms with Crippen molar-refractivity contribution >= 4 is 11.9 Å². The lowest BCUT2D eigenvalue weighted by Gasteiger charge is -2.27.